The zero-order chi connectivity index (χ0) is 20.7. The molecule has 29 heavy (non-hydrogen) atoms. The van der Waals surface area contributed by atoms with E-state index < -0.39 is 10.9 Å². The Morgan fingerprint density at radius 2 is 2.10 bits per heavy atom. The molecule has 0 atom stereocenters. The number of nitro groups is 1. The van der Waals surface area contributed by atoms with Crippen LogP contribution < -0.4 is 4.74 Å². The summed E-state index contributed by atoms with van der Waals surface area (Å²) in [5.74, 6) is -0.425. The molecule has 4 rings (SSSR count). The number of phenolic OH excluding ortho intramolecular Hbond substituents is 1. The van der Waals surface area contributed by atoms with Crippen molar-refractivity contribution >= 4 is 56.7 Å². The summed E-state index contributed by atoms with van der Waals surface area (Å²) in [7, 11) is 1.43. The summed E-state index contributed by atoms with van der Waals surface area (Å²) in [5.41, 5.74) is 0.495. The normalized spacial score (nSPS) is 14.9. The summed E-state index contributed by atoms with van der Waals surface area (Å²) < 4.78 is 10.8. The molecule has 10 heteroatoms. The van der Waals surface area contributed by atoms with Gasteiger partial charge in [-0.3, -0.25) is 10.1 Å². The number of hydrogen-bond donors (Lipinski definition) is 1. The van der Waals surface area contributed by atoms with Crippen LogP contribution in [0.4, 0.5) is 5.69 Å². The van der Waals surface area contributed by atoms with E-state index in [2.05, 4.69) is 4.99 Å². The van der Waals surface area contributed by atoms with Gasteiger partial charge in [-0.1, -0.05) is 17.7 Å². The molecule has 0 fully saturated rings. The zero-order valence-corrected chi connectivity index (χ0v) is 16.3. The molecule has 1 aromatic heterocycles. The van der Waals surface area contributed by atoms with Crippen molar-refractivity contribution in [2.24, 2.45) is 4.99 Å². The van der Waals surface area contributed by atoms with Crippen molar-refractivity contribution in [1.29, 1.82) is 0 Å². The SMILES string of the molecule is COc1ccc(/C=C2/N=C(c3sc4cc([N+](=O)[O-])ccc4c3Cl)OC2=O)cc1O. The number of thiophene rings is 1. The fraction of sp³-hybridized carbons (Fsp3) is 0.0526. The number of hydrogen-bond acceptors (Lipinski definition) is 8. The largest absolute Gasteiger partial charge is 0.504 e. The van der Waals surface area contributed by atoms with Crippen LogP contribution in [0.5, 0.6) is 11.5 Å². The van der Waals surface area contributed by atoms with Gasteiger partial charge in [0.25, 0.3) is 5.69 Å². The lowest BCUT2D eigenvalue weighted by atomic mass is 10.1. The van der Waals surface area contributed by atoms with Crippen molar-refractivity contribution < 1.29 is 24.3 Å². The number of carbonyl (C=O) groups is 1. The highest BCUT2D eigenvalue weighted by Gasteiger charge is 2.28. The Kier molecular flexibility index (Phi) is 4.69. The summed E-state index contributed by atoms with van der Waals surface area (Å²) in [6, 6.07) is 8.95. The predicted octanol–water partition coefficient (Wildman–Crippen LogP) is 4.52. The van der Waals surface area contributed by atoms with Crippen molar-refractivity contribution in [3.8, 4) is 11.5 Å². The second-order valence-electron chi connectivity index (χ2n) is 5.95. The van der Waals surface area contributed by atoms with Crippen LogP contribution in [0, 0.1) is 10.1 Å². The molecule has 8 nitrogen and oxygen atoms in total. The Bertz CT molecular complexity index is 1250. The summed E-state index contributed by atoms with van der Waals surface area (Å²) in [6.07, 6.45) is 1.46. The van der Waals surface area contributed by atoms with Crippen LogP contribution in [-0.4, -0.2) is 29.0 Å². The Labute approximate surface area is 172 Å². The van der Waals surface area contributed by atoms with Gasteiger partial charge in [-0.2, -0.15) is 0 Å². The Morgan fingerprint density at radius 3 is 2.79 bits per heavy atom. The Balaban J connectivity index is 1.73. The van der Waals surface area contributed by atoms with Gasteiger partial charge in [0, 0.05) is 22.2 Å². The van der Waals surface area contributed by atoms with Crippen molar-refractivity contribution in [2.45, 2.75) is 0 Å². The van der Waals surface area contributed by atoms with Crippen LogP contribution in [-0.2, 0) is 9.53 Å². The van der Waals surface area contributed by atoms with Crippen molar-refractivity contribution in [3.05, 3.63) is 67.7 Å². The highest BCUT2D eigenvalue weighted by molar-refractivity contribution is 7.21. The smallest absolute Gasteiger partial charge is 0.363 e. The van der Waals surface area contributed by atoms with Gasteiger partial charge in [0.15, 0.2) is 17.2 Å². The topological polar surface area (TPSA) is 111 Å². The monoisotopic (exact) mass is 430 g/mol. The van der Waals surface area contributed by atoms with E-state index in [4.69, 9.17) is 21.1 Å². The average molecular weight is 431 g/mol. The van der Waals surface area contributed by atoms with Crippen molar-refractivity contribution in [1.82, 2.24) is 0 Å². The lowest BCUT2D eigenvalue weighted by molar-refractivity contribution is -0.384. The maximum atomic E-state index is 12.2. The molecule has 0 unspecified atom stereocenters. The molecule has 0 saturated carbocycles. The van der Waals surface area contributed by atoms with E-state index in [1.165, 1.54) is 31.4 Å². The third kappa shape index (κ3) is 3.41. The summed E-state index contributed by atoms with van der Waals surface area (Å²) in [5, 5.41) is 21.7. The molecule has 1 aliphatic heterocycles. The van der Waals surface area contributed by atoms with Gasteiger partial charge >= 0.3 is 5.97 Å². The molecule has 1 aliphatic rings. The minimum atomic E-state index is -0.671. The molecule has 2 aromatic carbocycles. The fourth-order valence-corrected chi connectivity index (χ4v) is 4.24. The van der Waals surface area contributed by atoms with Gasteiger partial charge in [-0.05, 0) is 29.8 Å². The van der Waals surface area contributed by atoms with Crippen molar-refractivity contribution in [2.75, 3.05) is 7.11 Å². The van der Waals surface area contributed by atoms with E-state index in [1.807, 2.05) is 0 Å². The highest BCUT2D eigenvalue weighted by atomic mass is 35.5. The predicted molar refractivity (Wildman–Crippen MR) is 109 cm³/mol. The van der Waals surface area contributed by atoms with Crippen LogP contribution in [0.25, 0.3) is 16.2 Å². The molecule has 0 saturated heterocycles. The molecular weight excluding hydrogens is 420 g/mol. The second-order valence-corrected chi connectivity index (χ2v) is 7.38. The second kappa shape index (κ2) is 7.19. The van der Waals surface area contributed by atoms with Gasteiger partial charge in [0.1, 0.15) is 4.88 Å². The number of nitro benzene ring substituents is 1. The van der Waals surface area contributed by atoms with Gasteiger partial charge in [0.2, 0.25) is 5.90 Å². The molecular formula is C19H11ClN2O6S. The number of rotatable bonds is 4. The molecule has 0 bridgehead atoms. The lowest BCUT2D eigenvalue weighted by Crippen LogP contribution is -2.04. The number of cyclic esters (lactones) is 1. The van der Waals surface area contributed by atoms with Gasteiger partial charge in [-0.15, -0.1) is 11.3 Å². The third-order valence-electron chi connectivity index (χ3n) is 4.14. The number of benzene rings is 2. The third-order valence-corrected chi connectivity index (χ3v) is 5.79. The number of methoxy groups -OCH3 is 1. The minimum absolute atomic E-state index is 0.0211. The quantitative estimate of drug-likeness (QED) is 0.282. The first-order valence-corrected chi connectivity index (χ1v) is 9.33. The molecule has 0 amide bonds. The maximum absolute atomic E-state index is 12.2. The van der Waals surface area contributed by atoms with E-state index in [0.717, 1.165) is 11.3 Å². The summed E-state index contributed by atoms with van der Waals surface area (Å²) >= 11 is 7.52. The van der Waals surface area contributed by atoms with E-state index in [9.17, 15) is 20.0 Å². The molecule has 1 N–H and O–H groups in total. The first-order valence-electron chi connectivity index (χ1n) is 8.13. The number of fused-ring (bicyclic) bond motifs is 1. The van der Waals surface area contributed by atoms with E-state index in [0.29, 0.717) is 31.3 Å². The van der Waals surface area contributed by atoms with Crippen molar-refractivity contribution in [3.63, 3.8) is 0 Å². The Hall–Kier alpha value is -3.43. The standard InChI is InChI=1S/C19H11ClN2O6S/c1-27-14-5-2-9(7-13(14)23)6-12-19(24)28-18(21-12)17-16(20)11-4-3-10(22(25)26)8-15(11)29-17/h2-8,23H,1H3/b12-6+. The highest BCUT2D eigenvalue weighted by Crippen LogP contribution is 2.39. The molecule has 0 radical (unpaired) electrons. The van der Waals surface area contributed by atoms with E-state index in [1.54, 1.807) is 18.2 Å². The molecule has 0 aliphatic carbocycles. The number of aliphatic imine (C=N–C) groups is 1. The number of ether oxygens (including phenoxy) is 2. The van der Waals surface area contributed by atoms with Gasteiger partial charge in [0.05, 0.1) is 17.1 Å². The van der Waals surface area contributed by atoms with E-state index in [-0.39, 0.29) is 23.0 Å². The molecule has 3 aromatic rings. The first-order chi connectivity index (χ1) is 13.9. The number of non-ortho nitro benzene ring substituents is 1. The lowest BCUT2D eigenvalue weighted by Gasteiger charge is -2.03. The van der Waals surface area contributed by atoms with Crippen LogP contribution in [0.1, 0.15) is 10.4 Å². The maximum Gasteiger partial charge on any atom is 0.363 e. The average Bonchev–Trinajstić information content (AvgIpc) is 3.21. The number of carbonyl (C=O) groups excluding carboxylic acids is 1. The van der Waals surface area contributed by atoms with Crippen LogP contribution in [0.2, 0.25) is 5.02 Å². The zero-order valence-electron chi connectivity index (χ0n) is 14.7. The summed E-state index contributed by atoms with van der Waals surface area (Å²) in [6.45, 7) is 0. The van der Waals surface area contributed by atoms with Crippen LogP contribution in [0.15, 0.2) is 47.1 Å². The number of aromatic hydroxyl groups is 1. The number of phenols is 1. The fourth-order valence-electron chi connectivity index (χ4n) is 2.77. The molecule has 146 valence electrons. The van der Waals surface area contributed by atoms with Crippen LogP contribution in [0.3, 0.4) is 0 Å². The molecule has 0 spiro atoms. The molecule has 2 heterocycles. The number of halogens is 1. The Morgan fingerprint density at radius 1 is 1.31 bits per heavy atom. The minimum Gasteiger partial charge on any atom is -0.504 e. The number of esters is 1. The van der Waals surface area contributed by atoms with Gasteiger partial charge in [-0.25, -0.2) is 9.79 Å². The van der Waals surface area contributed by atoms with E-state index >= 15 is 0 Å². The van der Waals surface area contributed by atoms with Crippen LogP contribution >= 0.6 is 22.9 Å². The summed E-state index contributed by atoms with van der Waals surface area (Å²) in [4.78, 5) is 27.3. The van der Waals surface area contributed by atoms with Gasteiger partial charge < -0.3 is 14.6 Å². The number of nitrogens with zero attached hydrogens (tertiary/aromatic N) is 2. The first kappa shape index (κ1) is 18.9.